The zero-order valence-corrected chi connectivity index (χ0v) is 19.5. The van der Waals surface area contributed by atoms with Crippen molar-refractivity contribution in [1.29, 1.82) is 0 Å². The summed E-state index contributed by atoms with van der Waals surface area (Å²) >= 11 is 6.27. The lowest BCUT2D eigenvalue weighted by atomic mass is 9.91. The van der Waals surface area contributed by atoms with E-state index in [1.165, 1.54) is 7.11 Å². The fraction of sp³-hybridized carbons (Fsp3) is 0.417. The lowest BCUT2D eigenvalue weighted by Crippen LogP contribution is -2.70. The molecular weight excluding hydrogens is 430 g/mol. The highest BCUT2D eigenvalue weighted by molar-refractivity contribution is 6.32. The van der Waals surface area contributed by atoms with Crippen molar-refractivity contribution in [3.8, 4) is 5.75 Å². The van der Waals surface area contributed by atoms with Gasteiger partial charge in [0.1, 0.15) is 17.9 Å². The minimum atomic E-state index is -0.854. The van der Waals surface area contributed by atoms with Crippen molar-refractivity contribution in [2.24, 2.45) is 5.73 Å². The predicted molar refractivity (Wildman–Crippen MR) is 125 cm³/mol. The molecule has 0 saturated carbocycles. The van der Waals surface area contributed by atoms with E-state index in [0.29, 0.717) is 30.5 Å². The molecule has 0 aromatic heterocycles. The first-order valence-corrected chi connectivity index (χ1v) is 11.0. The number of carbonyl (C=O) groups excluding carboxylic acids is 2. The molecule has 0 spiro atoms. The van der Waals surface area contributed by atoms with Crippen molar-refractivity contribution in [3.63, 3.8) is 0 Å². The smallest absolute Gasteiger partial charge is 0.309 e. The molecule has 8 heteroatoms. The Kier molecular flexibility index (Phi) is 7.64. The third kappa shape index (κ3) is 5.34. The highest BCUT2D eigenvalue weighted by Gasteiger charge is 2.45. The number of methoxy groups -OCH3 is 1. The number of piperazine rings is 1. The van der Waals surface area contributed by atoms with Crippen LogP contribution in [0.5, 0.6) is 5.75 Å². The molecule has 1 aliphatic rings. The number of para-hydroxylation sites is 1. The minimum Gasteiger partial charge on any atom is -0.491 e. The van der Waals surface area contributed by atoms with Gasteiger partial charge in [-0.05, 0) is 43.7 Å². The van der Waals surface area contributed by atoms with Gasteiger partial charge >= 0.3 is 5.97 Å². The average Bonchev–Trinajstić information content (AvgIpc) is 2.77. The summed E-state index contributed by atoms with van der Waals surface area (Å²) in [5.41, 5.74) is 6.83. The van der Waals surface area contributed by atoms with Gasteiger partial charge in [-0.15, -0.1) is 0 Å². The number of hydrogen-bond acceptors (Lipinski definition) is 6. The molecule has 32 heavy (non-hydrogen) atoms. The van der Waals surface area contributed by atoms with Crippen molar-refractivity contribution < 1.29 is 19.1 Å². The van der Waals surface area contributed by atoms with Crippen molar-refractivity contribution in [1.82, 2.24) is 4.90 Å². The molecule has 2 N–H and O–H groups in total. The number of nitrogens with zero attached hydrogens (tertiary/aromatic N) is 2. The average molecular weight is 460 g/mol. The van der Waals surface area contributed by atoms with Gasteiger partial charge in [-0.25, -0.2) is 0 Å². The normalized spacial score (nSPS) is 21.2. The van der Waals surface area contributed by atoms with E-state index in [0.717, 1.165) is 17.8 Å². The maximum Gasteiger partial charge on any atom is 0.309 e. The Balaban J connectivity index is 1.69. The zero-order chi connectivity index (χ0) is 23.3. The maximum absolute atomic E-state index is 12.5. The van der Waals surface area contributed by atoms with E-state index in [1.807, 2.05) is 37.3 Å². The van der Waals surface area contributed by atoms with Gasteiger partial charge in [-0.1, -0.05) is 35.9 Å². The second-order valence-corrected chi connectivity index (χ2v) is 8.67. The quantitative estimate of drug-likeness (QED) is 0.611. The minimum absolute atomic E-state index is 0.0752. The standard InChI is InChI=1S/C24H30ClN3O4/c1-17-15-27(19-7-5-4-6-8-19)16-24(2,23(26)30)28(17)11-12-32-21-13-18(9-10-20(21)25)14-22(29)31-3/h4-10,13,17H,11-12,14-16H2,1-3H3,(H2,26,30). The van der Waals surface area contributed by atoms with Gasteiger partial charge in [0.15, 0.2) is 0 Å². The number of nitrogens with two attached hydrogens (primary N) is 1. The van der Waals surface area contributed by atoms with Crippen LogP contribution < -0.4 is 15.4 Å². The highest BCUT2D eigenvalue weighted by atomic mass is 35.5. The number of rotatable bonds is 8. The van der Waals surface area contributed by atoms with Crippen LogP contribution in [0.2, 0.25) is 5.02 Å². The number of ether oxygens (including phenoxy) is 2. The molecule has 1 fully saturated rings. The van der Waals surface area contributed by atoms with Crippen LogP contribution in [0, 0.1) is 0 Å². The Hall–Kier alpha value is -2.77. The maximum atomic E-state index is 12.5. The Labute approximate surface area is 194 Å². The monoisotopic (exact) mass is 459 g/mol. The molecular formula is C24H30ClN3O4. The molecule has 2 aromatic rings. The van der Waals surface area contributed by atoms with E-state index in [9.17, 15) is 9.59 Å². The van der Waals surface area contributed by atoms with E-state index < -0.39 is 5.54 Å². The summed E-state index contributed by atoms with van der Waals surface area (Å²) < 4.78 is 10.7. The molecule has 3 rings (SSSR count). The Morgan fingerprint density at radius 1 is 1.22 bits per heavy atom. The van der Waals surface area contributed by atoms with Crippen molar-refractivity contribution in [2.45, 2.75) is 31.8 Å². The highest BCUT2D eigenvalue weighted by Crippen LogP contribution is 2.30. The summed E-state index contributed by atoms with van der Waals surface area (Å²) in [6.45, 7) is 6.04. The Bertz CT molecular complexity index is 956. The molecule has 2 unspecified atom stereocenters. The number of esters is 1. The van der Waals surface area contributed by atoms with E-state index in [-0.39, 0.29) is 24.3 Å². The van der Waals surface area contributed by atoms with Crippen LogP contribution in [0.1, 0.15) is 19.4 Å². The largest absolute Gasteiger partial charge is 0.491 e. The lowest BCUT2D eigenvalue weighted by molar-refractivity contribution is -0.139. The van der Waals surface area contributed by atoms with Crippen LogP contribution >= 0.6 is 11.6 Å². The number of primary amides is 1. The third-order valence-electron chi connectivity index (χ3n) is 5.96. The van der Waals surface area contributed by atoms with Gasteiger partial charge in [-0.2, -0.15) is 0 Å². The first-order chi connectivity index (χ1) is 15.2. The summed E-state index contributed by atoms with van der Waals surface area (Å²) in [7, 11) is 1.35. The molecule has 1 amide bonds. The molecule has 0 aliphatic carbocycles. The van der Waals surface area contributed by atoms with E-state index >= 15 is 0 Å². The van der Waals surface area contributed by atoms with Crippen molar-refractivity contribution >= 4 is 29.2 Å². The first kappa shape index (κ1) is 23.9. The molecule has 2 atom stereocenters. The van der Waals surface area contributed by atoms with Crippen LogP contribution in [0.25, 0.3) is 0 Å². The number of carbonyl (C=O) groups is 2. The lowest BCUT2D eigenvalue weighted by Gasteiger charge is -2.51. The SMILES string of the molecule is COC(=O)Cc1ccc(Cl)c(OCCN2C(C)CN(c3ccccc3)CC2(C)C(N)=O)c1. The van der Waals surface area contributed by atoms with E-state index in [4.69, 9.17) is 26.8 Å². The predicted octanol–water partition coefficient (Wildman–Crippen LogP) is 2.89. The van der Waals surface area contributed by atoms with E-state index in [1.54, 1.807) is 18.2 Å². The summed E-state index contributed by atoms with van der Waals surface area (Å²) in [6, 6.07) is 15.3. The number of hydrogen-bond donors (Lipinski definition) is 1. The third-order valence-corrected chi connectivity index (χ3v) is 6.28. The molecule has 1 saturated heterocycles. The van der Waals surface area contributed by atoms with Crippen molar-refractivity contribution in [2.75, 3.05) is 38.3 Å². The van der Waals surface area contributed by atoms with Gasteiger partial charge in [0.05, 0.1) is 18.6 Å². The van der Waals surface area contributed by atoms with Crippen LogP contribution in [0.4, 0.5) is 5.69 Å². The molecule has 0 bridgehead atoms. The van der Waals surface area contributed by atoms with Gasteiger partial charge in [0.25, 0.3) is 0 Å². The van der Waals surface area contributed by atoms with Gasteiger partial charge in [-0.3, -0.25) is 14.5 Å². The van der Waals surface area contributed by atoms with Crippen LogP contribution in [0.15, 0.2) is 48.5 Å². The second kappa shape index (κ2) is 10.2. The molecule has 1 heterocycles. The molecule has 1 aliphatic heterocycles. The summed E-state index contributed by atoms with van der Waals surface area (Å²) in [5.74, 6) is -0.215. The topological polar surface area (TPSA) is 85.1 Å². The zero-order valence-electron chi connectivity index (χ0n) is 18.7. The van der Waals surface area contributed by atoms with Crippen LogP contribution in [-0.4, -0.2) is 61.7 Å². The fourth-order valence-electron chi connectivity index (χ4n) is 4.21. The number of halogens is 1. The number of anilines is 1. The molecule has 172 valence electrons. The van der Waals surface area contributed by atoms with Crippen LogP contribution in [-0.2, 0) is 20.7 Å². The molecule has 7 nitrogen and oxygen atoms in total. The summed E-state index contributed by atoms with van der Waals surface area (Å²) in [4.78, 5) is 28.4. The first-order valence-electron chi connectivity index (χ1n) is 10.6. The summed E-state index contributed by atoms with van der Waals surface area (Å²) in [5, 5.41) is 0.457. The van der Waals surface area contributed by atoms with Gasteiger partial charge in [0.2, 0.25) is 5.91 Å². The van der Waals surface area contributed by atoms with Crippen LogP contribution in [0.3, 0.4) is 0 Å². The van der Waals surface area contributed by atoms with Gasteiger partial charge < -0.3 is 20.1 Å². The fourth-order valence-corrected chi connectivity index (χ4v) is 4.39. The second-order valence-electron chi connectivity index (χ2n) is 8.26. The Morgan fingerprint density at radius 2 is 1.94 bits per heavy atom. The Morgan fingerprint density at radius 3 is 2.59 bits per heavy atom. The van der Waals surface area contributed by atoms with E-state index in [2.05, 4.69) is 16.7 Å². The molecule has 2 aromatic carbocycles. The molecule has 0 radical (unpaired) electrons. The number of benzene rings is 2. The van der Waals surface area contributed by atoms with Gasteiger partial charge in [0, 0.05) is 31.4 Å². The van der Waals surface area contributed by atoms with Crippen molar-refractivity contribution in [3.05, 3.63) is 59.1 Å². The number of amides is 1. The summed E-state index contributed by atoms with van der Waals surface area (Å²) in [6.07, 6.45) is 0.141.